The van der Waals surface area contributed by atoms with E-state index in [-0.39, 0.29) is 10.5 Å². The zero-order valence-electron chi connectivity index (χ0n) is 11.4. The third-order valence-corrected chi connectivity index (χ3v) is 4.29. The summed E-state index contributed by atoms with van der Waals surface area (Å²) >= 11 is 9.11. The standard InChI is InChI=1S/C15H13BrClF2NO/c1-20-15(8-3-5-10(17)12(7-8)21-2)9-4-6-11(18)14(19)13(9)16/h3-7,15,20H,1-2H3. The third kappa shape index (κ3) is 3.20. The Labute approximate surface area is 135 Å². The van der Waals surface area contributed by atoms with Crippen LogP contribution >= 0.6 is 27.5 Å². The number of hydrogen-bond acceptors (Lipinski definition) is 2. The molecule has 2 aromatic carbocycles. The second kappa shape index (κ2) is 6.73. The van der Waals surface area contributed by atoms with Crippen molar-refractivity contribution in [3.05, 3.63) is 62.6 Å². The average molecular weight is 377 g/mol. The van der Waals surface area contributed by atoms with Crippen molar-refractivity contribution in [3.63, 3.8) is 0 Å². The van der Waals surface area contributed by atoms with Gasteiger partial charge in [-0.15, -0.1) is 0 Å². The quantitative estimate of drug-likeness (QED) is 0.781. The van der Waals surface area contributed by atoms with E-state index in [0.29, 0.717) is 16.3 Å². The van der Waals surface area contributed by atoms with E-state index in [1.54, 1.807) is 25.2 Å². The van der Waals surface area contributed by atoms with Crippen LogP contribution in [0.2, 0.25) is 5.02 Å². The van der Waals surface area contributed by atoms with Crippen molar-refractivity contribution in [3.8, 4) is 5.75 Å². The summed E-state index contributed by atoms with van der Waals surface area (Å²) in [6.45, 7) is 0. The molecule has 1 atom stereocenters. The molecule has 0 bridgehead atoms. The van der Waals surface area contributed by atoms with E-state index in [9.17, 15) is 8.78 Å². The molecule has 0 heterocycles. The first kappa shape index (κ1) is 16.2. The minimum atomic E-state index is -0.909. The minimum Gasteiger partial charge on any atom is -0.495 e. The van der Waals surface area contributed by atoms with Crippen molar-refractivity contribution >= 4 is 27.5 Å². The lowest BCUT2D eigenvalue weighted by Crippen LogP contribution is -2.18. The Morgan fingerprint density at radius 3 is 2.57 bits per heavy atom. The molecule has 0 aliphatic heterocycles. The lowest BCUT2D eigenvalue weighted by atomic mass is 9.98. The summed E-state index contributed by atoms with van der Waals surface area (Å²) in [4.78, 5) is 0. The molecule has 1 N–H and O–H groups in total. The van der Waals surface area contributed by atoms with Gasteiger partial charge < -0.3 is 10.1 Å². The largest absolute Gasteiger partial charge is 0.495 e. The molecule has 2 aromatic rings. The summed E-state index contributed by atoms with van der Waals surface area (Å²) in [5, 5.41) is 3.56. The van der Waals surface area contributed by atoms with Crippen LogP contribution in [0, 0.1) is 11.6 Å². The highest BCUT2D eigenvalue weighted by atomic mass is 79.9. The molecule has 0 aromatic heterocycles. The summed E-state index contributed by atoms with van der Waals surface area (Å²) in [6, 6.07) is 7.57. The lowest BCUT2D eigenvalue weighted by Gasteiger charge is -2.20. The van der Waals surface area contributed by atoms with Gasteiger partial charge in [0.1, 0.15) is 5.75 Å². The summed E-state index contributed by atoms with van der Waals surface area (Å²) in [5.74, 6) is -1.28. The zero-order chi connectivity index (χ0) is 15.6. The maximum atomic E-state index is 13.7. The first-order chi connectivity index (χ1) is 9.99. The van der Waals surface area contributed by atoms with E-state index in [1.807, 2.05) is 0 Å². The van der Waals surface area contributed by atoms with Gasteiger partial charge in [-0.25, -0.2) is 8.78 Å². The maximum Gasteiger partial charge on any atom is 0.173 e. The average Bonchev–Trinajstić information content (AvgIpc) is 2.49. The molecule has 0 spiro atoms. The highest BCUT2D eigenvalue weighted by Crippen LogP contribution is 2.34. The molecule has 0 saturated carbocycles. The number of methoxy groups -OCH3 is 1. The van der Waals surface area contributed by atoms with Gasteiger partial charge in [-0.2, -0.15) is 0 Å². The second-order valence-corrected chi connectivity index (χ2v) is 5.58. The van der Waals surface area contributed by atoms with E-state index in [4.69, 9.17) is 16.3 Å². The van der Waals surface area contributed by atoms with E-state index >= 15 is 0 Å². The van der Waals surface area contributed by atoms with Gasteiger partial charge in [-0.05, 0) is 52.3 Å². The molecule has 6 heteroatoms. The van der Waals surface area contributed by atoms with Crippen molar-refractivity contribution in [2.75, 3.05) is 14.2 Å². The van der Waals surface area contributed by atoms with Gasteiger partial charge >= 0.3 is 0 Å². The first-order valence-corrected chi connectivity index (χ1v) is 7.30. The fourth-order valence-corrected chi connectivity index (χ4v) is 2.87. The van der Waals surface area contributed by atoms with E-state index in [0.717, 1.165) is 11.6 Å². The molecule has 0 radical (unpaired) electrons. The van der Waals surface area contributed by atoms with Gasteiger partial charge in [0.15, 0.2) is 11.6 Å². The lowest BCUT2D eigenvalue weighted by molar-refractivity contribution is 0.414. The molecular formula is C15H13BrClF2NO. The third-order valence-electron chi connectivity index (χ3n) is 3.17. The van der Waals surface area contributed by atoms with Gasteiger partial charge in [-0.3, -0.25) is 0 Å². The van der Waals surface area contributed by atoms with Crippen molar-refractivity contribution in [1.82, 2.24) is 5.32 Å². The minimum absolute atomic E-state index is 0.0933. The van der Waals surface area contributed by atoms with Gasteiger partial charge in [0.05, 0.1) is 22.6 Å². The predicted molar refractivity (Wildman–Crippen MR) is 83.0 cm³/mol. The van der Waals surface area contributed by atoms with E-state index < -0.39 is 11.6 Å². The van der Waals surface area contributed by atoms with Crippen LogP contribution in [0.15, 0.2) is 34.8 Å². The highest BCUT2D eigenvalue weighted by Gasteiger charge is 2.20. The molecule has 0 fully saturated rings. The Kier molecular flexibility index (Phi) is 5.19. The van der Waals surface area contributed by atoms with Crippen LogP contribution in [0.1, 0.15) is 17.2 Å². The number of hydrogen-bond donors (Lipinski definition) is 1. The van der Waals surface area contributed by atoms with Crippen LogP contribution in [0.4, 0.5) is 8.78 Å². The maximum absolute atomic E-state index is 13.7. The van der Waals surface area contributed by atoms with Gasteiger partial charge in [0.25, 0.3) is 0 Å². The van der Waals surface area contributed by atoms with Gasteiger partial charge in [-0.1, -0.05) is 23.7 Å². The van der Waals surface area contributed by atoms with Crippen LogP contribution in [0.3, 0.4) is 0 Å². The van der Waals surface area contributed by atoms with Crippen molar-refractivity contribution in [1.29, 1.82) is 0 Å². The van der Waals surface area contributed by atoms with Crippen LogP contribution in [0.5, 0.6) is 5.75 Å². The number of benzene rings is 2. The topological polar surface area (TPSA) is 21.3 Å². The predicted octanol–water partition coefficient (Wildman–Crippen LogP) is 4.70. The summed E-state index contributed by atoms with van der Waals surface area (Å²) in [6.07, 6.45) is 0. The molecule has 1 unspecified atom stereocenters. The monoisotopic (exact) mass is 375 g/mol. The Morgan fingerprint density at radius 1 is 1.24 bits per heavy atom. The molecule has 0 saturated heterocycles. The van der Waals surface area contributed by atoms with E-state index in [2.05, 4.69) is 21.2 Å². The van der Waals surface area contributed by atoms with Crippen LogP contribution in [-0.4, -0.2) is 14.2 Å². The molecule has 0 aliphatic carbocycles. The number of ether oxygens (including phenoxy) is 1. The van der Waals surface area contributed by atoms with Crippen molar-refractivity contribution < 1.29 is 13.5 Å². The number of nitrogens with one attached hydrogen (secondary N) is 1. The van der Waals surface area contributed by atoms with Crippen molar-refractivity contribution in [2.45, 2.75) is 6.04 Å². The molecule has 2 nitrogen and oxygen atoms in total. The normalized spacial score (nSPS) is 12.3. The Balaban J connectivity index is 2.52. The molecule has 0 aliphatic rings. The second-order valence-electron chi connectivity index (χ2n) is 4.38. The molecule has 2 rings (SSSR count). The Bertz CT molecular complexity index is 666. The van der Waals surface area contributed by atoms with E-state index in [1.165, 1.54) is 13.2 Å². The Morgan fingerprint density at radius 2 is 1.95 bits per heavy atom. The van der Waals surface area contributed by atoms with Gasteiger partial charge in [0.2, 0.25) is 0 Å². The summed E-state index contributed by atoms with van der Waals surface area (Å²) in [7, 11) is 3.26. The first-order valence-electron chi connectivity index (χ1n) is 6.13. The molecular weight excluding hydrogens is 364 g/mol. The Hall–Kier alpha value is -1.17. The van der Waals surface area contributed by atoms with Crippen LogP contribution < -0.4 is 10.1 Å². The summed E-state index contributed by atoms with van der Waals surface area (Å²) in [5.41, 5.74) is 1.41. The zero-order valence-corrected chi connectivity index (χ0v) is 13.7. The molecule has 0 amide bonds. The van der Waals surface area contributed by atoms with Crippen LogP contribution in [0.25, 0.3) is 0 Å². The van der Waals surface area contributed by atoms with Crippen molar-refractivity contribution in [2.24, 2.45) is 0 Å². The fraction of sp³-hybridized carbons (Fsp3) is 0.200. The highest BCUT2D eigenvalue weighted by molar-refractivity contribution is 9.10. The molecule has 21 heavy (non-hydrogen) atoms. The smallest absolute Gasteiger partial charge is 0.173 e. The molecule has 112 valence electrons. The number of halogens is 4. The summed E-state index contributed by atoms with van der Waals surface area (Å²) < 4.78 is 32.2. The SMILES string of the molecule is CNC(c1ccc(Cl)c(OC)c1)c1ccc(F)c(F)c1Br. The van der Waals surface area contributed by atoms with Crippen LogP contribution in [-0.2, 0) is 0 Å². The van der Waals surface area contributed by atoms with Gasteiger partial charge in [0, 0.05) is 0 Å². The number of rotatable bonds is 4. The fourth-order valence-electron chi connectivity index (χ4n) is 2.12.